The molecule has 0 bridgehead atoms. The molecule has 0 spiro atoms. The number of ether oxygens (including phenoxy) is 1. The predicted octanol–water partition coefficient (Wildman–Crippen LogP) is 2.23. The standard InChI is InChI=1S/C19H16ClN5O4S/c1-29-15-4-2-13(16(20)8-15)6-19(26)24-14-3-5-17(18(7-14)30(22,27)28)25-11-12(9-21)10-23-25/h2-5,7-8,10-11H,6H2,1H3,(H,24,26)(H2,22,27,28). The number of nitrogens with two attached hydrogens (primary N) is 1. The zero-order chi connectivity index (χ0) is 21.9. The van der Waals surface area contributed by atoms with Crippen LogP contribution >= 0.6 is 11.6 Å². The summed E-state index contributed by atoms with van der Waals surface area (Å²) in [6, 6.07) is 11.0. The number of aromatic nitrogens is 2. The van der Waals surface area contributed by atoms with Crippen molar-refractivity contribution in [2.75, 3.05) is 12.4 Å². The SMILES string of the molecule is COc1ccc(CC(=O)Nc2ccc(-n3cc(C#N)cn3)c(S(N)(=O)=O)c2)c(Cl)c1. The highest BCUT2D eigenvalue weighted by molar-refractivity contribution is 7.89. The van der Waals surface area contributed by atoms with Gasteiger partial charge in [-0.1, -0.05) is 17.7 Å². The maximum atomic E-state index is 12.4. The van der Waals surface area contributed by atoms with Crippen LogP contribution in [0.5, 0.6) is 5.75 Å². The zero-order valence-corrected chi connectivity index (χ0v) is 17.2. The molecule has 3 aromatic rings. The van der Waals surface area contributed by atoms with Gasteiger partial charge in [0.1, 0.15) is 16.7 Å². The summed E-state index contributed by atoms with van der Waals surface area (Å²) >= 11 is 6.15. The number of halogens is 1. The molecule has 0 aliphatic rings. The third kappa shape index (κ3) is 4.77. The predicted molar refractivity (Wildman–Crippen MR) is 110 cm³/mol. The third-order valence-electron chi connectivity index (χ3n) is 4.12. The Labute approximate surface area is 177 Å². The summed E-state index contributed by atoms with van der Waals surface area (Å²) in [7, 11) is -2.63. The van der Waals surface area contributed by atoms with Crippen LogP contribution in [0.2, 0.25) is 5.02 Å². The number of carbonyl (C=O) groups excluding carboxylic acids is 1. The van der Waals surface area contributed by atoms with Gasteiger partial charge in [-0.2, -0.15) is 10.4 Å². The molecule has 0 saturated carbocycles. The van der Waals surface area contributed by atoms with Crippen molar-refractivity contribution in [1.82, 2.24) is 9.78 Å². The van der Waals surface area contributed by atoms with Crippen LogP contribution in [-0.4, -0.2) is 31.2 Å². The summed E-state index contributed by atoms with van der Waals surface area (Å²) in [5, 5.41) is 21.2. The minimum absolute atomic E-state index is 0.0278. The Morgan fingerprint density at radius 2 is 2.10 bits per heavy atom. The maximum Gasteiger partial charge on any atom is 0.240 e. The van der Waals surface area contributed by atoms with Gasteiger partial charge < -0.3 is 10.1 Å². The number of hydrogen-bond donors (Lipinski definition) is 2. The summed E-state index contributed by atoms with van der Waals surface area (Å²) < 4.78 is 30.4. The van der Waals surface area contributed by atoms with E-state index < -0.39 is 15.9 Å². The van der Waals surface area contributed by atoms with Crippen LogP contribution in [0.1, 0.15) is 11.1 Å². The molecule has 1 amide bonds. The second kappa shape index (κ2) is 8.54. The molecule has 0 unspecified atom stereocenters. The molecule has 9 nitrogen and oxygen atoms in total. The summed E-state index contributed by atoms with van der Waals surface area (Å²) in [5.41, 5.74) is 1.21. The van der Waals surface area contributed by atoms with Crippen molar-refractivity contribution in [2.45, 2.75) is 11.3 Å². The number of sulfonamides is 1. The van der Waals surface area contributed by atoms with E-state index in [0.29, 0.717) is 16.3 Å². The average molecular weight is 446 g/mol. The van der Waals surface area contributed by atoms with E-state index in [2.05, 4.69) is 10.4 Å². The Balaban J connectivity index is 1.86. The van der Waals surface area contributed by atoms with Gasteiger partial charge >= 0.3 is 0 Å². The van der Waals surface area contributed by atoms with Crippen molar-refractivity contribution in [1.29, 1.82) is 5.26 Å². The number of amides is 1. The Morgan fingerprint density at radius 3 is 2.70 bits per heavy atom. The number of nitrogens with zero attached hydrogens (tertiary/aromatic N) is 3. The molecule has 2 aromatic carbocycles. The van der Waals surface area contributed by atoms with Crippen molar-refractivity contribution in [2.24, 2.45) is 5.14 Å². The van der Waals surface area contributed by atoms with Crippen molar-refractivity contribution >= 4 is 33.2 Å². The monoisotopic (exact) mass is 445 g/mol. The highest BCUT2D eigenvalue weighted by Gasteiger charge is 2.18. The lowest BCUT2D eigenvalue weighted by Crippen LogP contribution is -2.18. The van der Waals surface area contributed by atoms with Gasteiger partial charge in [0.2, 0.25) is 15.9 Å². The number of benzene rings is 2. The highest BCUT2D eigenvalue weighted by atomic mass is 35.5. The van der Waals surface area contributed by atoms with Crippen molar-refractivity contribution in [3.63, 3.8) is 0 Å². The minimum Gasteiger partial charge on any atom is -0.497 e. The molecule has 0 radical (unpaired) electrons. The molecule has 0 atom stereocenters. The lowest BCUT2D eigenvalue weighted by molar-refractivity contribution is -0.115. The van der Waals surface area contributed by atoms with E-state index in [1.165, 1.54) is 42.4 Å². The van der Waals surface area contributed by atoms with Crippen LogP contribution in [0.25, 0.3) is 5.69 Å². The smallest absolute Gasteiger partial charge is 0.240 e. The van der Waals surface area contributed by atoms with E-state index >= 15 is 0 Å². The summed E-state index contributed by atoms with van der Waals surface area (Å²) in [6.07, 6.45) is 2.63. The molecular formula is C19H16ClN5O4S. The van der Waals surface area contributed by atoms with Crippen molar-refractivity contribution in [3.8, 4) is 17.5 Å². The van der Waals surface area contributed by atoms with Crippen LogP contribution in [-0.2, 0) is 21.2 Å². The van der Waals surface area contributed by atoms with Gasteiger partial charge in [0.05, 0.1) is 31.0 Å². The molecule has 154 valence electrons. The number of anilines is 1. The van der Waals surface area contributed by atoms with E-state index in [0.717, 1.165) is 0 Å². The molecule has 0 aliphatic carbocycles. The summed E-state index contributed by atoms with van der Waals surface area (Å²) in [5.74, 6) is 0.164. The fourth-order valence-electron chi connectivity index (χ4n) is 2.70. The number of rotatable bonds is 6. The first kappa shape index (κ1) is 21.3. The minimum atomic E-state index is -4.14. The fourth-order valence-corrected chi connectivity index (χ4v) is 3.68. The average Bonchev–Trinajstić information content (AvgIpc) is 3.18. The Kier molecular flexibility index (Phi) is 6.07. The first-order chi connectivity index (χ1) is 14.2. The number of hydrogen-bond acceptors (Lipinski definition) is 6. The second-order valence-electron chi connectivity index (χ2n) is 6.20. The Bertz CT molecular complexity index is 1260. The number of nitriles is 1. The molecular weight excluding hydrogens is 430 g/mol. The van der Waals surface area contributed by atoms with Crippen LogP contribution in [0.15, 0.2) is 53.7 Å². The molecule has 0 saturated heterocycles. The first-order valence-corrected chi connectivity index (χ1v) is 10.4. The zero-order valence-electron chi connectivity index (χ0n) is 15.7. The van der Waals surface area contributed by atoms with E-state index in [9.17, 15) is 13.2 Å². The molecule has 3 N–H and O–H groups in total. The topological polar surface area (TPSA) is 140 Å². The van der Waals surface area contributed by atoms with Gasteiger partial charge in [-0.05, 0) is 35.9 Å². The summed E-state index contributed by atoms with van der Waals surface area (Å²) in [6.45, 7) is 0. The molecule has 1 aromatic heterocycles. The Morgan fingerprint density at radius 1 is 1.33 bits per heavy atom. The molecule has 30 heavy (non-hydrogen) atoms. The molecule has 1 heterocycles. The quantitative estimate of drug-likeness (QED) is 0.596. The van der Waals surface area contributed by atoms with Gasteiger partial charge in [-0.15, -0.1) is 0 Å². The largest absolute Gasteiger partial charge is 0.497 e. The lowest BCUT2D eigenvalue weighted by atomic mass is 10.1. The number of methoxy groups -OCH3 is 1. The number of carbonyl (C=O) groups is 1. The first-order valence-electron chi connectivity index (χ1n) is 8.45. The number of nitrogens with one attached hydrogen (secondary N) is 1. The third-order valence-corrected chi connectivity index (χ3v) is 5.41. The van der Waals surface area contributed by atoms with Crippen LogP contribution < -0.4 is 15.2 Å². The van der Waals surface area contributed by atoms with Gasteiger partial charge in [0.25, 0.3) is 0 Å². The van der Waals surface area contributed by atoms with E-state index in [-0.39, 0.29) is 28.3 Å². The normalized spacial score (nSPS) is 11.0. The second-order valence-corrected chi connectivity index (χ2v) is 8.13. The van der Waals surface area contributed by atoms with Crippen molar-refractivity contribution in [3.05, 3.63) is 64.9 Å². The molecule has 11 heteroatoms. The van der Waals surface area contributed by atoms with E-state index in [4.69, 9.17) is 26.7 Å². The highest BCUT2D eigenvalue weighted by Crippen LogP contribution is 2.25. The van der Waals surface area contributed by atoms with E-state index in [1.807, 2.05) is 6.07 Å². The van der Waals surface area contributed by atoms with Gasteiger partial charge in [-0.25, -0.2) is 18.2 Å². The molecule has 0 fully saturated rings. The van der Waals surface area contributed by atoms with Gasteiger partial charge in [0.15, 0.2) is 0 Å². The lowest BCUT2D eigenvalue weighted by Gasteiger charge is -2.12. The van der Waals surface area contributed by atoms with Gasteiger partial charge in [0, 0.05) is 16.9 Å². The maximum absolute atomic E-state index is 12.4. The number of primary sulfonamides is 1. The fraction of sp³-hybridized carbons (Fsp3) is 0.105. The van der Waals surface area contributed by atoms with Crippen LogP contribution in [0.4, 0.5) is 5.69 Å². The summed E-state index contributed by atoms with van der Waals surface area (Å²) in [4.78, 5) is 12.2. The Hall–Kier alpha value is -3.39. The molecule has 3 rings (SSSR count). The van der Waals surface area contributed by atoms with E-state index in [1.54, 1.807) is 18.2 Å². The van der Waals surface area contributed by atoms with Crippen LogP contribution in [0, 0.1) is 11.3 Å². The van der Waals surface area contributed by atoms with Gasteiger partial charge in [-0.3, -0.25) is 4.79 Å². The van der Waals surface area contributed by atoms with Crippen LogP contribution in [0.3, 0.4) is 0 Å². The van der Waals surface area contributed by atoms with Crippen molar-refractivity contribution < 1.29 is 17.9 Å². The molecule has 0 aliphatic heterocycles.